The monoisotopic (exact) mass is 444 g/mol. The van der Waals surface area contributed by atoms with Crippen molar-refractivity contribution in [3.63, 3.8) is 0 Å². The van der Waals surface area contributed by atoms with Gasteiger partial charge in [-0.05, 0) is 44.2 Å². The first-order valence-electron chi connectivity index (χ1n) is 10.3. The molecule has 0 aliphatic carbocycles. The van der Waals surface area contributed by atoms with Crippen LogP contribution < -0.4 is 10.9 Å². The number of hydrogen-bond acceptors (Lipinski definition) is 6. The van der Waals surface area contributed by atoms with Crippen molar-refractivity contribution < 1.29 is 9.21 Å². The van der Waals surface area contributed by atoms with E-state index in [4.69, 9.17) is 4.42 Å². The van der Waals surface area contributed by atoms with Crippen LogP contribution in [0.4, 0.5) is 0 Å². The minimum Gasteiger partial charge on any atom is -0.457 e. The van der Waals surface area contributed by atoms with E-state index in [0.29, 0.717) is 22.3 Å². The summed E-state index contributed by atoms with van der Waals surface area (Å²) in [6.07, 6.45) is 0. The number of amides is 1. The largest absolute Gasteiger partial charge is 0.457 e. The summed E-state index contributed by atoms with van der Waals surface area (Å²) in [5.74, 6) is 0.898. The fraction of sp³-hybridized carbons (Fsp3) is 0.167. The second-order valence-corrected chi connectivity index (χ2v) is 8.70. The van der Waals surface area contributed by atoms with E-state index in [1.54, 1.807) is 35.6 Å². The van der Waals surface area contributed by atoms with Gasteiger partial charge in [0.25, 0.3) is 11.5 Å². The summed E-state index contributed by atoms with van der Waals surface area (Å²) in [7, 11) is 0. The number of furan rings is 1. The fourth-order valence-corrected chi connectivity index (χ4v) is 4.47. The van der Waals surface area contributed by atoms with E-state index in [-0.39, 0.29) is 29.7 Å². The van der Waals surface area contributed by atoms with Gasteiger partial charge < -0.3 is 9.73 Å². The number of carbonyl (C=O) groups is 1. The number of thiazole rings is 1. The van der Waals surface area contributed by atoms with Crippen molar-refractivity contribution in [2.24, 2.45) is 0 Å². The molecule has 7 nitrogen and oxygen atoms in total. The smallest absolute Gasteiger partial charge is 0.274 e. The fourth-order valence-electron chi connectivity index (χ4n) is 3.54. The van der Waals surface area contributed by atoms with Crippen LogP contribution in [0.2, 0.25) is 0 Å². The minimum atomic E-state index is -0.367. The maximum absolute atomic E-state index is 13.0. The van der Waals surface area contributed by atoms with E-state index in [9.17, 15) is 9.59 Å². The maximum Gasteiger partial charge on any atom is 0.274 e. The van der Waals surface area contributed by atoms with Crippen LogP contribution in [0.3, 0.4) is 0 Å². The maximum atomic E-state index is 13.0. The molecule has 1 amide bonds. The van der Waals surface area contributed by atoms with E-state index in [0.717, 1.165) is 15.2 Å². The van der Waals surface area contributed by atoms with Crippen molar-refractivity contribution in [1.82, 2.24) is 20.1 Å². The molecule has 0 fully saturated rings. The Hall–Kier alpha value is -3.78. The summed E-state index contributed by atoms with van der Waals surface area (Å²) in [5.41, 5.74) is 0.933. The van der Waals surface area contributed by atoms with E-state index < -0.39 is 0 Å². The molecule has 5 aromatic rings. The summed E-state index contributed by atoms with van der Waals surface area (Å²) in [6.45, 7) is 3.91. The van der Waals surface area contributed by atoms with Crippen molar-refractivity contribution in [2.45, 2.75) is 26.4 Å². The Morgan fingerprint density at radius 1 is 1.06 bits per heavy atom. The topological polar surface area (TPSA) is 90.0 Å². The van der Waals surface area contributed by atoms with Crippen LogP contribution in [-0.4, -0.2) is 20.7 Å². The molecular weight excluding hydrogens is 424 g/mol. The van der Waals surface area contributed by atoms with Gasteiger partial charge in [0.2, 0.25) is 0 Å². The van der Waals surface area contributed by atoms with Gasteiger partial charge >= 0.3 is 0 Å². The van der Waals surface area contributed by atoms with Gasteiger partial charge in [-0.15, -0.1) is 11.3 Å². The molecule has 2 aromatic carbocycles. The van der Waals surface area contributed by atoms with Crippen molar-refractivity contribution >= 4 is 38.2 Å². The Labute approximate surface area is 187 Å². The highest BCUT2D eigenvalue weighted by molar-refractivity contribution is 7.21. The highest BCUT2D eigenvalue weighted by Crippen LogP contribution is 2.31. The number of para-hydroxylation sites is 1. The Morgan fingerprint density at radius 3 is 2.59 bits per heavy atom. The standard InChI is InChI=1S/C24H20N4O3S/c1-14(2)28-24(30)17-8-4-3-7-16(17)21(27-28)22(29)25-13-15-11-12-19(31-15)23-26-18-9-5-6-10-20(18)32-23/h3-12,14H,13H2,1-2H3,(H,25,29). The van der Waals surface area contributed by atoms with Crippen molar-refractivity contribution in [3.05, 3.63) is 82.5 Å². The van der Waals surface area contributed by atoms with Gasteiger partial charge in [0, 0.05) is 5.39 Å². The molecule has 0 saturated heterocycles. The van der Waals surface area contributed by atoms with Crippen LogP contribution in [0, 0.1) is 0 Å². The zero-order valence-electron chi connectivity index (χ0n) is 17.5. The SMILES string of the molecule is CC(C)n1nc(C(=O)NCc2ccc(-c3nc4ccccc4s3)o2)c2ccccc2c1=O. The van der Waals surface area contributed by atoms with Gasteiger partial charge in [-0.1, -0.05) is 30.3 Å². The number of benzene rings is 2. The number of carbonyl (C=O) groups excluding carboxylic acids is 1. The third-order valence-electron chi connectivity index (χ3n) is 5.12. The molecule has 0 spiro atoms. The predicted molar refractivity (Wildman–Crippen MR) is 125 cm³/mol. The summed E-state index contributed by atoms with van der Waals surface area (Å²) in [5, 5.41) is 8.99. The molecule has 0 saturated carbocycles. The minimum absolute atomic E-state index is 0.167. The number of hydrogen-bond donors (Lipinski definition) is 1. The van der Waals surface area contributed by atoms with Gasteiger partial charge in [0.15, 0.2) is 16.5 Å². The van der Waals surface area contributed by atoms with Crippen LogP contribution in [0.25, 0.3) is 31.8 Å². The normalized spacial score (nSPS) is 11.5. The second-order valence-electron chi connectivity index (χ2n) is 7.67. The third-order valence-corrected chi connectivity index (χ3v) is 6.17. The number of aromatic nitrogens is 3. The van der Waals surface area contributed by atoms with Gasteiger partial charge in [-0.25, -0.2) is 9.67 Å². The summed E-state index contributed by atoms with van der Waals surface area (Å²) < 4.78 is 8.34. The van der Waals surface area contributed by atoms with Gasteiger partial charge in [-0.3, -0.25) is 9.59 Å². The van der Waals surface area contributed by atoms with Gasteiger partial charge in [-0.2, -0.15) is 5.10 Å². The zero-order chi connectivity index (χ0) is 22.2. The lowest BCUT2D eigenvalue weighted by molar-refractivity contribution is 0.0942. The molecule has 0 bridgehead atoms. The summed E-state index contributed by atoms with van der Waals surface area (Å²) in [4.78, 5) is 30.2. The third kappa shape index (κ3) is 3.58. The zero-order valence-corrected chi connectivity index (χ0v) is 18.3. The van der Waals surface area contributed by atoms with E-state index in [1.165, 1.54) is 4.68 Å². The van der Waals surface area contributed by atoms with Crippen LogP contribution in [0.1, 0.15) is 36.1 Å². The highest BCUT2D eigenvalue weighted by Gasteiger charge is 2.18. The highest BCUT2D eigenvalue weighted by atomic mass is 32.1. The lowest BCUT2D eigenvalue weighted by Gasteiger charge is -2.13. The molecule has 3 heterocycles. The Balaban J connectivity index is 1.39. The second kappa shape index (κ2) is 8.05. The number of nitrogens with zero attached hydrogens (tertiary/aromatic N) is 3. The Kier molecular flexibility index (Phi) is 5.07. The molecule has 5 rings (SSSR count). The first-order chi connectivity index (χ1) is 15.5. The van der Waals surface area contributed by atoms with Crippen molar-refractivity contribution in [3.8, 4) is 10.8 Å². The van der Waals surface area contributed by atoms with Crippen LogP contribution >= 0.6 is 11.3 Å². The summed E-state index contributed by atoms with van der Waals surface area (Å²) >= 11 is 1.56. The number of nitrogens with one attached hydrogen (secondary N) is 1. The van der Waals surface area contributed by atoms with Gasteiger partial charge in [0.1, 0.15) is 5.76 Å². The van der Waals surface area contributed by atoms with Crippen molar-refractivity contribution in [2.75, 3.05) is 0 Å². The van der Waals surface area contributed by atoms with Crippen molar-refractivity contribution in [1.29, 1.82) is 0 Å². The van der Waals surface area contributed by atoms with Gasteiger partial charge in [0.05, 0.1) is 28.2 Å². The molecule has 160 valence electrons. The average molecular weight is 445 g/mol. The predicted octanol–water partition coefficient (Wildman–Crippen LogP) is 4.78. The van der Waals surface area contributed by atoms with E-state index >= 15 is 0 Å². The average Bonchev–Trinajstić information content (AvgIpc) is 3.44. The lowest BCUT2D eigenvalue weighted by atomic mass is 10.1. The Bertz CT molecular complexity index is 1480. The molecule has 1 N–H and O–H groups in total. The molecule has 0 unspecified atom stereocenters. The van der Waals surface area contributed by atoms with E-state index in [1.807, 2.05) is 50.2 Å². The first kappa shape index (κ1) is 20.1. The molecule has 0 atom stereocenters. The van der Waals surface area contributed by atoms with E-state index in [2.05, 4.69) is 15.4 Å². The Morgan fingerprint density at radius 2 is 1.81 bits per heavy atom. The quantitative estimate of drug-likeness (QED) is 0.421. The van der Waals surface area contributed by atoms with Crippen LogP contribution in [0.5, 0.6) is 0 Å². The molecule has 0 aliphatic rings. The van der Waals surface area contributed by atoms with Crippen LogP contribution in [-0.2, 0) is 6.54 Å². The van der Waals surface area contributed by atoms with Crippen LogP contribution in [0.15, 0.2) is 69.9 Å². The molecule has 0 aliphatic heterocycles. The number of rotatable bonds is 5. The molecule has 32 heavy (non-hydrogen) atoms. The molecule has 8 heteroatoms. The summed E-state index contributed by atoms with van der Waals surface area (Å²) in [6, 6.07) is 18.4. The molecular formula is C24H20N4O3S. The number of fused-ring (bicyclic) bond motifs is 2. The molecule has 3 aromatic heterocycles. The lowest BCUT2D eigenvalue weighted by Crippen LogP contribution is -2.31. The molecule has 0 radical (unpaired) electrons. The first-order valence-corrected chi connectivity index (χ1v) is 11.1.